The lowest BCUT2D eigenvalue weighted by molar-refractivity contribution is 0.0297. The summed E-state index contributed by atoms with van der Waals surface area (Å²) in [6, 6.07) is 8.30. The van der Waals surface area contributed by atoms with Crippen molar-refractivity contribution in [1.82, 2.24) is 24.6 Å². The molecular weight excluding hydrogens is 422 g/mol. The average Bonchev–Trinajstić information content (AvgIpc) is 3.38. The van der Waals surface area contributed by atoms with Crippen LogP contribution in [0.25, 0.3) is 10.2 Å². The zero-order valence-electron chi connectivity index (χ0n) is 18.9. The van der Waals surface area contributed by atoms with E-state index in [0.717, 1.165) is 55.1 Å². The molecule has 2 aliphatic rings. The molecule has 0 spiro atoms. The summed E-state index contributed by atoms with van der Waals surface area (Å²) in [5.74, 6) is 0.655. The van der Waals surface area contributed by atoms with E-state index >= 15 is 0 Å². The Morgan fingerprint density at radius 3 is 2.78 bits per heavy atom. The van der Waals surface area contributed by atoms with E-state index in [4.69, 9.17) is 14.8 Å². The molecule has 1 amide bonds. The van der Waals surface area contributed by atoms with Gasteiger partial charge >= 0.3 is 0 Å². The van der Waals surface area contributed by atoms with Crippen molar-refractivity contribution in [3.05, 3.63) is 46.2 Å². The number of amides is 1. The van der Waals surface area contributed by atoms with Gasteiger partial charge in [0, 0.05) is 50.4 Å². The van der Waals surface area contributed by atoms with Gasteiger partial charge in [0.15, 0.2) is 5.69 Å². The van der Waals surface area contributed by atoms with E-state index in [1.165, 1.54) is 10.4 Å². The molecule has 2 aliphatic heterocycles. The van der Waals surface area contributed by atoms with Crippen molar-refractivity contribution in [3.63, 3.8) is 0 Å². The summed E-state index contributed by atoms with van der Waals surface area (Å²) in [6.45, 7) is 10.3. The monoisotopic (exact) mass is 453 g/mol. The van der Waals surface area contributed by atoms with Crippen molar-refractivity contribution < 1.29 is 9.53 Å². The van der Waals surface area contributed by atoms with Crippen LogP contribution in [0.5, 0.6) is 0 Å². The summed E-state index contributed by atoms with van der Waals surface area (Å²) in [4.78, 5) is 22.5. The number of carbonyl (C=O) groups excluding carboxylic acids is 1. The number of hydrogen-bond donors (Lipinski definition) is 0. The molecule has 0 saturated carbocycles. The minimum Gasteiger partial charge on any atom is -0.378 e. The van der Waals surface area contributed by atoms with Gasteiger partial charge in [0.1, 0.15) is 5.01 Å². The Labute approximate surface area is 193 Å². The fourth-order valence-electron chi connectivity index (χ4n) is 4.51. The van der Waals surface area contributed by atoms with Gasteiger partial charge in [-0.1, -0.05) is 26.0 Å². The first-order valence-electron chi connectivity index (χ1n) is 11.6. The number of rotatable bonds is 6. The van der Waals surface area contributed by atoms with Crippen LogP contribution in [-0.2, 0) is 30.8 Å². The lowest BCUT2D eigenvalue weighted by atomic mass is 10.0. The van der Waals surface area contributed by atoms with E-state index in [9.17, 15) is 4.79 Å². The number of nitrogens with zero attached hydrogens (tertiary/aromatic N) is 5. The standard InChI is InChI=1S/C24H31N5O2S/c1-17(2)7-10-29-20-8-9-27(16-22-25-19-5-3-4-6-21(19)32-22)15-18(20)23(26-29)24(30)28-11-13-31-14-12-28/h3-6,17H,7-16H2,1-2H3. The summed E-state index contributed by atoms with van der Waals surface area (Å²) >= 11 is 1.76. The molecule has 0 bridgehead atoms. The van der Waals surface area contributed by atoms with E-state index in [1.807, 2.05) is 11.0 Å². The molecule has 7 nitrogen and oxygen atoms in total. The van der Waals surface area contributed by atoms with E-state index in [2.05, 4.69) is 41.6 Å². The van der Waals surface area contributed by atoms with Gasteiger partial charge in [0.05, 0.1) is 30.0 Å². The minimum absolute atomic E-state index is 0.0506. The number of carbonyl (C=O) groups is 1. The van der Waals surface area contributed by atoms with Gasteiger partial charge in [-0.25, -0.2) is 4.98 Å². The molecule has 3 aromatic rings. The van der Waals surface area contributed by atoms with Crippen LogP contribution in [0.1, 0.15) is 47.0 Å². The molecule has 0 radical (unpaired) electrons. The molecule has 1 fully saturated rings. The highest BCUT2D eigenvalue weighted by Gasteiger charge is 2.31. The fourth-order valence-corrected chi connectivity index (χ4v) is 5.52. The zero-order valence-corrected chi connectivity index (χ0v) is 19.7. The van der Waals surface area contributed by atoms with Gasteiger partial charge in [-0.15, -0.1) is 11.3 Å². The van der Waals surface area contributed by atoms with Crippen LogP contribution in [0, 0.1) is 5.92 Å². The summed E-state index contributed by atoms with van der Waals surface area (Å²) in [5.41, 5.74) is 4.05. The fraction of sp³-hybridized carbons (Fsp3) is 0.542. The van der Waals surface area contributed by atoms with Crippen LogP contribution >= 0.6 is 11.3 Å². The Hall–Kier alpha value is -2.29. The topological polar surface area (TPSA) is 63.5 Å². The third-order valence-electron chi connectivity index (χ3n) is 6.33. The highest BCUT2D eigenvalue weighted by molar-refractivity contribution is 7.18. The van der Waals surface area contributed by atoms with Crippen LogP contribution in [0.3, 0.4) is 0 Å². The molecule has 170 valence electrons. The van der Waals surface area contributed by atoms with E-state index in [0.29, 0.717) is 37.9 Å². The highest BCUT2D eigenvalue weighted by Crippen LogP contribution is 2.28. The summed E-state index contributed by atoms with van der Waals surface area (Å²) in [7, 11) is 0. The Morgan fingerprint density at radius 2 is 2.00 bits per heavy atom. The second-order valence-electron chi connectivity index (χ2n) is 9.12. The van der Waals surface area contributed by atoms with Crippen molar-refractivity contribution in [1.29, 1.82) is 0 Å². The molecule has 1 saturated heterocycles. The molecule has 32 heavy (non-hydrogen) atoms. The summed E-state index contributed by atoms with van der Waals surface area (Å²) in [6.07, 6.45) is 1.98. The number of hydrogen-bond acceptors (Lipinski definition) is 6. The predicted molar refractivity (Wildman–Crippen MR) is 126 cm³/mol. The molecule has 0 atom stereocenters. The first-order valence-corrected chi connectivity index (χ1v) is 12.4. The van der Waals surface area contributed by atoms with Gasteiger partial charge in [0.2, 0.25) is 0 Å². The quantitative estimate of drug-likeness (QED) is 0.571. The van der Waals surface area contributed by atoms with Crippen LogP contribution in [0.15, 0.2) is 24.3 Å². The lowest BCUT2D eigenvalue weighted by Crippen LogP contribution is -2.41. The van der Waals surface area contributed by atoms with Gasteiger partial charge < -0.3 is 9.64 Å². The first-order chi connectivity index (χ1) is 15.6. The minimum atomic E-state index is 0.0506. The highest BCUT2D eigenvalue weighted by atomic mass is 32.1. The lowest BCUT2D eigenvalue weighted by Gasteiger charge is -2.29. The zero-order chi connectivity index (χ0) is 22.1. The largest absolute Gasteiger partial charge is 0.378 e. The van der Waals surface area contributed by atoms with Gasteiger partial charge in [-0.2, -0.15) is 5.10 Å². The third-order valence-corrected chi connectivity index (χ3v) is 7.35. The molecule has 0 N–H and O–H groups in total. The molecule has 5 rings (SSSR count). The molecule has 0 aliphatic carbocycles. The number of fused-ring (bicyclic) bond motifs is 2. The maximum absolute atomic E-state index is 13.4. The van der Waals surface area contributed by atoms with Crippen molar-refractivity contribution in [2.75, 3.05) is 32.8 Å². The maximum atomic E-state index is 13.4. The smallest absolute Gasteiger partial charge is 0.274 e. The summed E-state index contributed by atoms with van der Waals surface area (Å²) < 4.78 is 8.78. The van der Waals surface area contributed by atoms with Crippen molar-refractivity contribution in [2.45, 2.75) is 46.3 Å². The Kier molecular flexibility index (Phi) is 6.26. The second-order valence-corrected chi connectivity index (χ2v) is 10.2. The maximum Gasteiger partial charge on any atom is 0.274 e. The van der Waals surface area contributed by atoms with Crippen LogP contribution in [0.2, 0.25) is 0 Å². The van der Waals surface area contributed by atoms with E-state index in [-0.39, 0.29) is 5.91 Å². The van der Waals surface area contributed by atoms with E-state index < -0.39 is 0 Å². The number of morpholine rings is 1. The van der Waals surface area contributed by atoms with Crippen molar-refractivity contribution in [2.24, 2.45) is 5.92 Å². The third kappa shape index (κ3) is 4.44. The number of aryl methyl sites for hydroxylation is 1. The number of benzene rings is 1. The number of para-hydroxylation sites is 1. The van der Waals surface area contributed by atoms with E-state index in [1.54, 1.807) is 11.3 Å². The molecule has 8 heteroatoms. The normalized spacial score (nSPS) is 17.3. The van der Waals surface area contributed by atoms with Crippen molar-refractivity contribution >= 4 is 27.5 Å². The van der Waals surface area contributed by atoms with Gasteiger partial charge in [0.25, 0.3) is 5.91 Å². The second kappa shape index (κ2) is 9.29. The van der Waals surface area contributed by atoms with Gasteiger partial charge in [-0.3, -0.25) is 14.4 Å². The van der Waals surface area contributed by atoms with Crippen molar-refractivity contribution in [3.8, 4) is 0 Å². The van der Waals surface area contributed by atoms with Crippen LogP contribution < -0.4 is 0 Å². The number of ether oxygens (including phenoxy) is 1. The molecule has 1 aromatic carbocycles. The van der Waals surface area contributed by atoms with Crippen LogP contribution in [0.4, 0.5) is 0 Å². The number of thiazole rings is 1. The van der Waals surface area contributed by atoms with Gasteiger partial charge in [-0.05, 0) is 24.5 Å². The summed E-state index contributed by atoms with van der Waals surface area (Å²) in [5, 5.41) is 5.99. The molecule has 0 unspecified atom stereocenters. The number of aromatic nitrogens is 3. The molecule has 4 heterocycles. The predicted octanol–water partition coefficient (Wildman–Crippen LogP) is 3.57. The Balaban J connectivity index is 1.39. The first kappa shape index (κ1) is 21.6. The molecular formula is C24H31N5O2S. The average molecular weight is 454 g/mol. The molecule has 2 aromatic heterocycles. The SMILES string of the molecule is CC(C)CCn1nc(C(=O)N2CCOCC2)c2c1CCN(Cc1nc3ccccc3s1)C2. The Bertz CT molecular complexity index is 1070. The Morgan fingerprint density at radius 1 is 1.19 bits per heavy atom. The van der Waals surface area contributed by atoms with Crippen LogP contribution in [-0.4, -0.2) is 63.3 Å².